The van der Waals surface area contributed by atoms with Crippen molar-refractivity contribution in [3.05, 3.63) is 46.9 Å². The number of likely N-dealkylation sites (N-methyl/N-ethyl adjacent to an activating group) is 1. The van der Waals surface area contributed by atoms with Crippen LogP contribution in [0.5, 0.6) is 0 Å². The van der Waals surface area contributed by atoms with Gasteiger partial charge in [-0.05, 0) is 31.4 Å². The van der Waals surface area contributed by atoms with Crippen LogP contribution in [-0.4, -0.2) is 28.5 Å². The molecule has 4 nitrogen and oxygen atoms in total. The molecule has 0 saturated heterocycles. The quantitative estimate of drug-likeness (QED) is 0.840. The number of hydrogen-bond acceptors (Lipinski definition) is 2. The molecule has 0 aliphatic carbocycles. The number of carbonyl (C=O) groups is 1. The molecular weight excluding hydrogens is 240 g/mol. The maximum absolute atomic E-state index is 12.3. The summed E-state index contributed by atoms with van der Waals surface area (Å²) in [6, 6.07) is 9.28. The molecule has 0 fully saturated rings. The number of benzene rings is 1. The van der Waals surface area contributed by atoms with Crippen molar-refractivity contribution in [2.45, 2.75) is 20.4 Å². The van der Waals surface area contributed by atoms with Gasteiger partial charge in [0.25, 0.3) is 5.56 Å². The lowest BCUT2D eigenvalue weighted by Crippen LogP contribution is -2.36. The Morgan fingerprint density at radius 2 is 1.84 bits per heavy atom. The molecule has 0 radical (unpaired) electrons. The van der Waals surface area contributed by atoms with E-state index in [1.807, 2.05) is 38.1 Å². The number of carbonyl (C=O) groups excluding carboxylic acids is 1. The topological polar surface area (TPSA) is 42.3 Å². The number of aromatic nitrogens is 1. The molecular formula is C15H18N2O2. The van der Waals surface area contributed by atoms with Crippen molar-refractivity contribution >= 4 is 16.7 Å². The maximum atomic E-state index is 12.3. The third-order valence-corrected chi connectivity index (χ3v) is 3.31. The van der Waals surface area contributed by atoms with E-state index >= 15 is 0 Å². The van der Waals surface area contributed by atoms with Crippen molar-refractivity contribution in [3.8, 4) is 0 Å². The van der Waals surface area contributed by atoms with Crippen LogP contribution in [0.4, 0.5) is 0 Å². The lowest BCUT2D eigenvalue weighted by Gasteiger charge is -2.19. The van der Waals surface area contributed by atoms with Crippen molar-refractivity contribution in [2.75, 3.05) is 13.1 Å². The Morgan fingerprint density at radius 1 is 1.16 bits per heavy atom. The fourth-order valence-electron chi connectivity index (χ4n) is 2.18. The van der Waals surface area contributed by atoms with E-state index in [1.54, 1.807) is 17.2 Å². The van der Waals surface area contributed by atoms with Crippen LogP contribution in [0.25, 0.3) is 10.8 Å². The average molecular weight is 258 g/mol. The lowest BCUT2D eigenvalue weighted by atomic mass is 10.2. The van der Waals surface area contributed by atoms with Crippen LogP contribution < -0.4 is 5.56 Å². The largest absolute Gasteiger partial charge is 0.342 e. The summed E-state index contributed by atoms with van der Waals surface area (Å²) in [6.07, 6.45) is 1.69. The Morgan fingerprint density at radius 3 is 2.53 bits per heavy atom. The summed E-state index contributed by atoms with van der Waals surface area (Å²) in [6.45, 7) is 5.30. The summed E-state index contributed by atoms with van der Waals surface area (Å²) in [5.74, 6) is -0.0256. The highest BCUT2D eigenvalue weighted by atomic mass is 16.2. The smallest absolute Gasteiger partial charge is 0.258 e. The number of amides is 1. The normalized spacial score (nSPS) is 10.6. The van der Waals surface area contributed by atoms with Gasteiger partial charge in [-0.1, -0.05) is 18.2 Å². The minimum absolute atomic E-state index is 0.0256. The van der Waals surface area contributed by atoms with E-state index < -0.39 is 0 Å². The zero-order valence-electron chi connectivity index (χ0n) is 11.3. The van der Waals surface area contributed by atoms with Gasteiger partial charge >= 0.3 is 0 Å². The van der Waals surface area contributed by atoms with Gasteiger partial charge in [0.2, 0.25) is 5.91 Å². The standard InChI is InChI=1S/C15H18N2O2/c1-3-16(4-2)14(18)11-17-10-9-12-7-5-6-8-13(12)15(17)19/h5-10H,3-4,11H2,1-2H3. The molecule has 0 aliphatic heterocycles. The summed E-state index contributed by atoms with van der Waals surface area (Å²) < 4.78 is 1.48. The summed E-state index contributed by atoms with van der Waals surface area (Å²) in [5, 5.41) is 1.55. The highest BCUT2D eigenvalue weighted by Gasteiger charge is 2.11. The maximum Gasteiger partial charge on any atom is 0.258 e. The number of hydrogen-bond donors (Lipinski definition) is 0. The summed E-state index contributed by atoms with van der Waals surface area (Å²) in [5.41, 5.74) is -0.112. The molecule has 1 aromatic carbocycles. The van der Waals surface area contributed by atoms with E-state index in [9.17, 15) is 9.59 Å². The second kappa shape index (κ2) is 5.69. The molecule has 1 aromatic heterocycles. The third-order valence-electron chi connectivity index (χ3n) is 3.31. The monoisotopic (exact) mass is 258 g/mol. The molecule has 0 bridgehead atoms. The van der Waals surface area contributed by atoms with E-state index in [-0.39, 0.29) is 18.0 Å². The fourth-order valence-corrected chi connectivity index (χ4v) is 2.18. The highest BCUT2D eigenvalue weighted by molar-refractivity contribution is 5.82. The first kappa shape index (κ1) is 13.3. The van der Waals surface area contributed by atoms with Crippen molar-refractivity contribution in [1.29, 1.82) is 0 Å². The zero-order chi connectivity index (χ0) is 13.8. The van der Waals surface area contributed by atoms with Crippen molar-refractivity contribution < 1.29 is 4.79 Å². The average Bonchev–Trinajstić information content (AvgIpc) is 2.43. The van der Waals surface area contributed by atoms with Crippen LogP contribution in [0.2, 0.25) is 0 Å². The van der Waals surface area contributed by atoms with Gasteiger partial charge in [0.15, 0.2) is 0 Å². The molecule has 1 amide bonds. The van der Waals surface area contributed by atoms with Gasteiger partial charge in [-0.3, -0.25) is 9.59 Å². The SMILES string of the molecule is CCN(CC)C(=O)Cn1ccc2ccccc2c1=O. The summed E-state index contributed by atoms with van der Waals surface area (Å²) >= 11 is 0. The van der Waals surface area contributed by atoms with Gasteiger partial charge in [0.1, 0.15) is 6.54 Å². The second-order valence-electron chi connectivity index (χ2n) is 4.40. The number of fused-ring (bicyclic) bond motifs is 1. The van der Waals surface area contributed by atoms with Gasteiger partial charge in [0.05, 0.1) is 0 Å². The van der Waals surface area contributed by atoms with E-state index in [1.165, 1.54) is 4.57 Å². The molecule has 0 atom stereocenters. The van der Waals surface area contributed by atoms with E-state index in [4.69, 9.17) is 0 Å². The molecule has 1 heterocycles. The summed E-state index contributed by atoms with van der Waals surface area (Å²) in [7, 11) is 0. The molecule has 100 valence electrons. The minimum Gasteiger partial charge on any atom is -0.342 e. The van der Waals surface area contributed by atoms with Crippen LogP contribution >= 0.6 is 0 Å². The highest BCUT2D eigenvalue weighted by Crippen LogP contribution is 2.08. The second-order valence-corrected chi connectivity index (χ2v) is 4.40. The zero-order valence-corrected chi connectivity index (χ0v) is 11.3. The molecule has 2 rings (SSSR count). The molecule has 19 heavy (non-hydrogen) atoms. The predicted molar refractivity (Wildman–Crippen MR) is 76.1 cm³/mol. The van der Waals surface area contributed by atoms with Crippen molar-refractivity contribution in [1.82, 2.24) is 9.47 Å². The molecule has 0 unspecified atom stereocenters. The first-order valence-corrected chi connectivity index (χ1v) is 6.53. The van der Waals surface area contributed by atoms with Crippen LogP contribution in [-0.2, 0) is 11.3 Å². The van der Waals surface area contributed by atoms with Gasteiger partial charge in [0, 0.05) is 24.7 Å². The lowest BCUT2D eigenvalue weighted by molar-refractivity contribution is -0.131. The van der Waals surface area contributed by atoms with Crippen LogP contribution in [0, 0.1) is 0 Å². The van der Waals surface area contributed by atoms with Crippen LogP contribution in [0.1, 0.15) is 13.8 Å². The number of rotatable bonds is 4. The predicted octanol–water partition coefficient (Wildman–Crippen LogP) is 1.87. The Bertz CT molecular complexity index is 642. The van der Waals surface area contributed by atoms with Crippen LogP contribution in [0.15, 0.2) is 41.3 Å². The Hall–Kier alpha value is -2.10. The van der Waals surface area contributed by atoms with Gasteiger partial charge < -0.3 is 9.47 Å². The third kappa shape index (κ3) is 2.67. The van der Waals surface area contributed by atoms with Gasteiger partial charge in [-0.25, -0.2) is 0 Å². The van der Waals surface area contributed by atoms with Crippen LogP contribution in [0.3, 0.4) is 0 Å². The van der Waals surface area contributed by atoms with Gasteiger partial charge in [-0.15, -0.1) is 0 Å². The summed E-state index contributed by atoms with van der Waals surface area (Å²) in [4.78, 5) is 26.0. The molecule has 0 aliphatic rings. The van der Waals surface area contributed by atoms with E-state index in [0.717, 1.165) is 5.39 Å². The minimum atomic E-state index is -0.112. The molecule has 0 spiro atoms. The van der Waals surface area contributed by atoms with Gasteiger partial charge in [-0.2, -0.15) is 0 Å². The van der Waals surface area contributed by atoms with Crippen molar-refractivity contribution in [2.24, 2.45) is 0 Å². The molecule has 0 N–H and O–H groups in total. The number of nitrogens with zero attached hydrogens (tertiary/aromatic N) is 2. The Labute approximate surface area is 112 Å². The first-order chi connectivity index (χ1) is 9.17. The van der Waals surface area contributed by atoms with E-state index in [2.05, 4.69) is 0 Å². The van der Waals surface area contributed by atoms with Crippen molar-refractivity contribution in [3.63, 3.8) is 0 Å². The first-order valence-electron chi connectivity index (χ1n) is 6.53. The molecule has 0 saturated carbocycles. The molecule has 2 aromatic rings. The Balaban J connectivity index is 2.34. The molecule has 4 heteroatoms. The van der Waals surface area contributed by atoms with E-state index in [0.29, 0.717) is 18.5 Å². The Kier molecular flexibility index (Phi) is 4.00. The number of pyridine rings is 1. The fraction of sp³-hybridized carbons (Fsp3) is 0.333.